The maximum Gasteiger partial charge on any atom is 0.255 e. The number of hydrogen-bond donors (Lipinski definition) is 2. The van der Waals surface area contributed by atoms with Gasteiger partial charge in [0.15, 0.2) is 0 Å². The Labute approximate surface area is 131 Å². The summed E-state index contributed by atoms with van der Waals surface area (Å²) in [6, 6.07) is 11.0. The minimum absolute atomic E-state index is 0.0286. The van der Waals surface area contributed by atoms with Crippen molar-refractivity contribution >= 4 is 11.6 Å². The van der Waals surface area contributed by atoms with E-state index in [-0.39, 0.29) is 17.4 Å². The highest BCUT2D eigenvalue weighted by molar-refractivity contribution is 6.04. The van der Waals surface area contributed by atoms with Gasteiger partial charge in [-0.15, -0.1) is 0 Å². The first-order valence-electron chi connectivity index (χ1n) is 7.51. The number of rotatable bonds is 5. The quantitative estimate of drug-likeness (QED) is 0.882. The van der Waals surface area contributed by atoms with E-state index in [2.05, 4.69) is 31.1 Å². The molecule has 0 fully saturated rings. The van der Waals surface area contributed by atoms with Crippen LogP contribution in [0.5, 0.6) is 0 Å². The highest BCUT2D eigenvalue weighted by Gasteiger charge is 2.25. The van der Waals surface area contributed by atoms with Crippen LogP contribution in [0.25, 0.3) is 0 Å². The van der Waals surface area contributed by atoms with Crippen LogP contribution in [0.2, 0.25) is 0 Å². The lowest BCUT2D eigenvalue weighted by Gasteiger charge is -2.30. The Morgan fingerprint density at radius 2 is 1.77 bits per heavy atom. The Balaban J connectivity index is 2.10. The Morgan fingerprint density at radius 1 is 1.18 bits per heavy atom. The lowest BCUT2D eigenvalue weighted by Crippen LogP contribution is -2.28. The third-order valence-corrected chi connectivity index (χ3v) is 4.22. The van der Waals surface area contributed by atoms with Crippen LogP contribution < -0.4 is 11.1 Å². The highest BCUT2D eigenvalue weighted by atomic mass is 16.1. The molecule has 0 saturated carbocycles. The number of nitrogens with two attached hydrogens (primary N) is 1. The number of benzene rings is 1. The summed E-state index contributed by atoms with van der Waals surface area (Å²) >= 11 is 0. The molecule has 0 radical (unpaired) electrons. The Morgan fingerprint density at radius 3 is 2.32 bits per heavy atom. The molecular weight excluding hydrogens is 274 g/mol. The second-order valence-corrected chi connectivity index (χ2v) is 6.13. The molecule has 0 spiro atoms. The first-order chi connectivity index (χ1) is 10.4. The standard InChI is InChI=1S/C18H23N3O/c1-4-18(2,3)16(19)13-5-7-14(8-6-13)17(22)21-15-9-11-20-12-10-15/h5-12,16H,4,19H2,1-3H3,(H,20,21,22). The smallest absolute Gasteiger partial charge is 0.255 e. The maximum atomic E-state index is 12.2. The molecule has 22 heavy (non-hydrogen) atoms. The van der Waals surface area contributed by atoms with Gasteiger partial charge in [0, 0.05) is 29.7 Å². The van der Waals surface area contributed by atoms with E-state index in [1.165, 1.54) is 0 Å². The van der Waals surface area contributed by atoms with E-state index in [4.69, 9.17) is 5.73 Å². The molecule has 1 unspecified atom stereocenters. The summed E-state index contributed by atoms with van der Waals surface area (Å²) in [5, 5.41) is 2.84. The van der Waals surface area contributed by atoms with E-state index in [9.17, 15) is 4.79 Å². The summed E-state index contributed by atoms with van der Waals surface area (Å²) < 4.78 is 0. The molecule has 2 rings (SSSR count). The van der Waals surface area contributed by atoms with Crippen LogP contribution >= 0.6 is 0 Å². The molecule has 1 aromatic carbocycles. The van der Waals surface area contributed by atoms with Gasteiger partial charge in [0.25, 0.3) is 5.91 Å². The average Bonchev–Trinajstić information content (AvgIpc) is 2.55. The van der Waals surface area contributed by atoms with Crippen molar-refractivity contribution in [2.75, 3.05) is 5.32 Å². The summed E-state index contributed by atoms with van der Waals surface area (Å²) in [5.74, 6) is -0.138. The Hall–Kier alpha value is -2.20. The molecular formula is C18H23N3O. The van der Waals surface area contributed by atoms with Gasteiger partial charge in [0.05, 0.1) is 0 Å². The van der Waals surface area contributed by atoms with Crippen LogP contribution in [0.3, 0.4) is 0 Å². The van der Waals surface area contributed by atoms with Crippen molar-refractivity contribution in [3.8, 4) is 0 Å². The fourth-order valence-corrected chi connectivity index (χ4v) is 2.15. The molecule has 0 bridgehead atoms. The summed E-state index contributed by atoms with van der Waals surface area (Å²) in [6.45, 7) is 6.44. The molecule has 1 atom stereocenters. The number of hydrogen-bond acceptors (Lipinski definition) is 3. The monoisotopic (exact) mass is 297 g/mol. The topological polar surface area (TPSA) is 68.0 Å². The van der Waals surface area contributed by atoms with Gasteiger partial charge in [-0.1, -0.05) is 32.9 Å². The molecule has 0 aliphatic carbocycles. The molecule has 4 nitrogen and oxygen atoms in total. The zero-order valence-corrected chi connectivity index (χ0v) is 13.3. The van der Waals surface area contributed by atoms with Gasteiger partial charge in [-0.05, 0) is 41.7 Å². The van der Waals surface area contributed by atoms with E-state index in [0.29, 0.717) is 5.56 Å². The second-order valence-electron chi connectivity index (χ2n) is 6.13. The summed E-state index contributed by atoms with van der Waals surface area (Å²) in [6.07, 6.45) is 4.29. The third-order valence-electron chi connectivity index (χ3n) is 4.22. The number of carbonyl (C=O) groups is 1. The van der Waals surface area contributed by atoms with Gasteiger partial charge < -0.3 is 11.1 Å². The Bertz CT molecular complexity index is 621. The van der Waals surface area contributed by atoms with Crippen LogP contribution in [0, 0.1) is 5.41 Å². The van der Waals surface area contributed by atoms with Gasteiger partial charge in [0.2, 0.25) is 0 Å². The molecule has 3 N–H and O–H groups in total. The van der Waals surface area contributed by atoms with Gasteiger partial charge in [-0.25, -0.2) is 0 Å². The van der Waals surface area contributed by atoms with Crippen molar-refractivity contribution in [3.05, 3.63) is 59.9 Å². The zero-order valence-electron chi connectivity index (χ0n) is 13.3. The van der Waals surface area contributed by atoms with E-state index >= 15 is 0 Å². The maximum absolute atomic E-state index is 12.2. The normalized spacial score (nSPS) is 12.7. The summed E-state index contributed by atoms with van der Waals surface area (Å²) in [4.78, 5) is 16.1. The van der Waals surface area contributed by atoms with Crippen LogP contribution in [0.15, 0.2) is 48.8 Å². The molecule has 0 aliphatic heterocycles. The highest BCUT2D eigenvalue weighted by Crippen LogP contribution is 2.34. The van der Waals surface area contributed by atoms with Crippen LogP contribution in [-0.2, 0) is 0 Å². The molecule has 0 saturated heterocycles. The van der Waals surface area contributed by atoms with E-state index in [0.717, 1.165) is 17.7 Å². The molecule has 1 heterocycles. The number of anilines is 1. The zero-order chi connectivity index (χ0) is 16.2. The molecule has 0 aliphatic rings. The number of pyridine rings is 1. The number of amides is 1. The van der Waals surface area contributed by atoms with Gasteiger partial charge in [-0.3, -0.25) is 9.78 Å². The SMILES string of the molecule is CCC(C)(C)C(N)c1ccc(C(=O)Nc2ccncc2)cc1. The van der Waals surface area contributed by atoms with Crippen molar-refractivity contribution < 1.29 is 4.79 Å². The van der Waals surface area contributed by atoms with E-state index in [1.807, 2.05) is 24.3 Å². The second kappa shape index (κ2) is 6.71. The molecule has 2 aromatic rings. The van der Waals surface area contributed by atoms with E-state index in [1.54, 1.807) is 24.5 Å². The third kappa shape index (κ3) is 3.71. The van der Waals surface area contributed by atoms with Gasteiger partial charge in [-0.2, -0.15) is 0 Å². The molecule has 1 amide bonds. The van der Waals surface area contributed by atoms with Crippen LogP contribution in [-0.4, -0.2) is 10.9 Å². The average molecular weight is 297 g/mol. The van der Waals surface area contributed by atoms with Gasteiger partial charge in [0.1, 0.15) is 0 Å². The number of nitrogens with one attached hydrogen (secondary N) is 1. The predicted molar refractivity (Wildman–Crippen MR) is 89.6 cm³/mol. The number of carbonyl (C=O) groups excluding carboxylic acids is 1. The van der Waals surface area contributed by atoms with Crippen LogP contribution in [0.4, 0.5) is 5.69 Å². The minimum atomic E-state index is -0.138. The lowest BCUT2D eigenvalue weighted by molar-refractivity contribution is 0.102. The van der Waals surface area contributed by atoms with Crippen LogP contribution in [0.1, 0.15) is 49.2 Å². The van der Waals surface area contributed by atoms with Crippen molar-refractivity contribution in [2.45, 2.75) is 33.2 Å². The number of nitrogens with zero attached hydrogens (tertiary/aromatic N) is 1. The Kier molecular flexibility index (Phi) is 4.93. The first-order valence-corrected chi connectivity index (χ1v) is 7.51. The van der Waals surface area contributed by atoms with E-state index < -0.39 is 0 Å². The van der Waals surface area contributed by atoms with Crippen molar-refractivity contribution in [1.82, 2.24) is 4.98 Å². The minimum Gasteiger partial charge on any atom is -0.324 e. The van der Waals surface area contributed by atoms with Crippen molar-refractivity contribution in [1.29, 1.82) is 0 Å². The molecule has 116 valence electrons. The summed E-state index contributed by atoms with van der Waals surface area (Å²) in [7, 11) is 0. The lowest BCUT2D eigenvalue weighted by atomic mass is 9.79. The molecule has 1 aromatic heterocycles. The van der Waals surface area contributed by atoms with Crippen molar-refractivity contribution in [3.63, 3.8) is 0 Å². The predicted octanol–water partition coefficient (Wildman–Crippen LogP) is 3.77. The largest absolute Gasteiger partial charge is 0.324 e. The fourth-order valence-electron chi connectivity index (χ4n) is 2.15. The molecule has 4 heteroatoms. The first kappa shape index (κ1) is 16.2. The number of aromatic nitrogens is 1. The summed E-state index contributed by atoms with van der Waals surface area (Å²) in [5.41, 5.74) is 8.75. The fraction of sp³-hybridized carbons (Fsp3) is 0.333. The van der Waals surface area contributed by atoms with Gasteiger partial charge >= 0.3 is 0 Å². The van der Waals surface area contributed by atoms with Crippen molar-refractivity contribution in [2.24, 2.45) is 11.1 Å².